The molecular weight excluding hydrogens is 202 g/mol. The zero-order chi connectivity index (χ0) is 12.0. The van der Waals surface area contributed by atoms with Gasteiger partial charge in [0.25, 0.3) is 0 Å². The van der Waals surface area contributed by atoms with E-state index in [1.165, 1.54) is 0 Å². The van der Waals surface area contributed by atoms with Crippen LogP contribution in [0.4, 0.5) is 0 Å². The molecule has 0 fully saturated rings. The molecular formula is C12H17N3O. The van der Waals surface area contributed by atoms with E-state index in [1.807, 2.05) is 32.0 Å². The summed E-state index contributed by atoms with van der Waals surface area (Å²) in [5.74, 6) is 0.663. The smallest absolute Gasteiger partial charge is 0.174 e. The molecule has 0 aliphatic heterocycles. The van der Waals surface area contributed by atoms with Gasteiger partial charge in [-0.25, -0.2) is 0 Å². The van der Waals surface area contributed by atoms with Gasteiger partial charge >= 0.3 is 0 Å². The molecule has 0 spiro atoms. The van der Waals surface area contributed by atoms with Gasteiger partial charge in [0.05, 0.1) is 5.69 Å². The van der Waals surface area contributed by atoms with E-state index >= 15 is 0 Å². The topological polar surface area (TPSA) is 71.9 Å². The maximum Gasteiger partial charge on any atom is 0.174 e. The summed E-state index contributed by atoms with van der Waals surface area (Å²) in [5.41, 5.74) is 7.66. The van der Waals surface area contributed by atoms with E-state index in [0.29, 0.717) is 12.2 Å². The first kappa shape index (κ1) is 12.5. The van der Waals surface area contributed by atoms with Gasteiger partial charge < -0.3 is 10.5 Å². The fourth-order valence-electron chi connectivity index (χ4n) is 1.38. The molecule has 16 heavy (non-hydrogen) atoms. The molecule has 0 radical (unpaired) electrons. The molecule has 0 saturated carbocycles. The van der Waals surface area contributed by atoms with Crippen molar-refractivity contribution in [3.05, 3.63) is 23.5 Å². The highest BCUT2D eigenvalue weighted by Crippen LogP contribution is 2.18. The van der Waals surface area contributed by atoms with Crippen molar-refractivity contribution in [1.82, 2.24) is 4.98 Å². The van der Waals surface area contributed by atoms with Crippen LogP contribution in [0.1, 0.15) is 24.7 Å². The predicted molar refractivity (Wildman–Crippen MR) is 62.1 cm³/mol. The molecule has 0 amide bonds. The van der Waals surface area contributed by atoms with E-state index in [-0.39, 0.29) is 12.6 Å². The van der Waals surface area contributed by atoms with Crippen LogP contribution in [0.5, 0.6) is 5.75 Å². The van der Waals surface area contributed by atoms with Crippen molar-refractivity contribution in [1.29, 1.82) is 5.26 Å². The molecule has 0 bridgehead atoms. The van der Waals surface area contributed by atoms with Gasteiger partial charge in [-0.2, -0.15) is 5.26 Å². The summed E-state index contributed by atoms with van der Waals surface area (Å²) in [6.07, 6.45) is 1.58. The van der Waals surface area contributed by atoms with E-state index in [1.54, 1.807) is 0 Å². The predicted octanol–water partition coefficient (Wildman–Crippen LogP) is 1.57. The fraction of sp³-hybridized carbons (Fsp3) is 0.500. The lowest BCUT2D eigenvalue weighted by Gasteiger charge is -2.12. The average Bonchev–Trinajstić information content (AvgIpc) is 2.28. The number of ether oxygens (including phenoxy) is 1. The molecule has 1 unspecified atom stereocenters. The van der Waals surface area contributed by atoms with Crippen molar-refractivity contribution in [3.63, 3.8) is 0 Å². The summed E-state index contributed by atoms with van der Waals surface area (Å²) in [4.78, 5) is 4.40. The molecule has 4 heteroatoms. The van der Waals surface area contributed by atoms with E-state index < -0.39 is 0 Å². The number of nitrogens with two attached hydrogens (primary N) is 1. The zero-order valence-corrected chi connectivity index (χ0v) is 9.73. The molecule has 4 nitrogen and oxygen atoms in total. The first-order valence-electron chi connectivity index (χ1n) is 5.39. The minimum absolute atomic E-state index is 0.0408. The van der Waals surface area contributed by atoms with Crippen molar-refractivity contribution in [2.75, 3.05) is 6.61 Å². The van der Waals surface area contributed by atoms with Crippen LogP contribution < -0.4 is 10.5 Å². The number of aryl methyl sites for hydroxylation is 1. The van der Waals surface area contributed by atoms with Crippen LogP contribution in [-0.2, 0) is 6.42 Å². The van der Waals surface area contributed by atoms with Gasteiger partial charge in [-0.15, -0.1) is 0 Å². The van der Waals surface area contributed by atoms with Crippen LogP contribution in [0, 0.1) is 18.3 Å². The second-order valence-corrected chi connectivity index (χ2v) is 3.72. The molecule has 1 aromatic rings. The van der Waals surface area contributed by atoms with E-state index in [4.69, 9.17) is 15.7 Å². The largest absolute Gasteiger partial charge is 0.477 e. The van der Waals surface area contributed by atoms with Crippen molar-refractivity contribution in [3.8, 4) is 11.8 Å². The molecule has 2 N–H and O–H groups in total. The van der Waals surface area contributed by atoms with E-state index in [0.717, 1.165) is 17.8 Å². The lowest BCUT2D eigenvalue weighted by atomic mass is 10.1. The first-order chi connectivity index (χ1) is 7.67. The third-order valence-electron chi connectivity index (χ3n) is 2.34. The van der Waals surface area contributed by atoms with E-state index in [2.05, 4.69) is 4.98 Å². The second-order valence-electron chi connectivity index (χ2n) is 3.72. The summed E-state index contributed by atoms with van der Waals surface area (Å²) >= 11 is 0. The number of hydrogen-bond acceptors (Lipinski definition) is 4. The molecule has 0 saturated heterocycles. The Morgan fingerprint density at radius 3 is 2.94 bits per heavy atom. The second kappa shape index (κ2) is 6.09. The third-order valence-corrected chi connectivity index (χ3v) is 2.34. The SMILES string of the molecule is CCC(N)Cc1nc(C)ccc1OCC#N. The highest BCUT2D eigenvalue weighted by Gasteiger charge is 2.09. The van der Waals surface area contributed by atoms with Crippen LogP contribution in [0.2, 0.25) is 0 Å². The summed E-state index contributed by atoms with van der Waals surface area (Å²) in [6, 6.07) is 5.74. The molecule has 86 valence electrons. The Labute approximate surface area is 96.1 Å². The number of nitriles is 1. The maximum atomic E-state index is 8.48. The number of aromatic nitrogens is 1. The van der Waals surface area contributed by atoms with Gasteiger partial charge in [-0.05, 0) is 25.5 Å². The van der Waals surface area contributed by atoms with Crippen LogP contribution in [0.15, 0.2) is 12.1 Å². The molecule has 0 aromatic carbocycles. The summed E-state index contributed by atoms with van der Waals surface area (Å²) < 4.78 is 5.31. The molecule has 1 aromatic heterocycles. The number of rotatable bonds is 5. The monoisotopic (exact) mass is 219 g/mol. The Kier molecular flexibility index (Phi) is 4.74. The summed E-state index contributed by atoms with van der Waals surface area (Å²) in [7, 11) is 0. The van der Waals surface area contributed by atoms with Gasteiger partial charge in [0.1, 0.15) is 11.8 Å². The van der Waals surface area contributed by atoms with E-state index in [9.17, 15) is 0 Å². The maximum absolute atomic E-state index is 8.48. The number of nitrogens with zero attached hydrogens (tertiary/aromatic N) is 2. The standard InChI is InChI=1S/C12H17N3O/c1-3-10(14)8-11-12(16-7-6-13)5-4-9(2)15-11/h4-5,10H,3,7-8,14H2,1-2H3. The Morgan fingerprint density at radius 2 is 2.31 bits per heavy atom. The quantitative estimate of drug-likeness (QED) is 0.816. The van der Waals surface area contributed by atoms with Crippen LogP contribution in [0.3, 0.4) is 0 Å². The highest BCUT2D eigenvalue weighted by molar-refractivity contribution is 5.30. The molecule has 1 rings (SSSR count). The number of hydrogen-bond donors (Lipinski definition) is 1. The Morgan fingerprint density at radius 1 is 1.56 bits per heavy atom. The lowest BCUT2D eigenvalue weighted by Crippen LogP contribution is -2.22. The minimum atomic E-state index is 0.0408. The molecule has 1 heterocycles. The zero-order valence-electron chi connectivity index (χ0n) is 9.73. The molecule has 1 atom stereocenters. The van der Waals surface area contributed by atoms with Crippen molar-refractivity contribution in [2.24, 2.45) is 5.73 Å². The van der Waals surface area contributed by atoms with Gasteiger partial charge in [-0.3, -0.25) is 4.98 Å². The van der Waals surface area contributed by atoms with Gasteiger partial charge in [0, 0.05) is 18.2 Å². The van der Waals surface area contributed by atoms with Crippen molar-refractivity contribution < 1.29 is 4.74 Å². The van der Waals surface area contributed by atoms with Crippen molar-refractivity contribution >= 4 is 0 Å². The Hall–Kier alpha value is -1.60. The fourth-order valence-corrected chi connectivity index (χ4v) is 1.38. The van der Waals surface area contributed by atoms with Crippen LogP contribution >= 0.6 is 0 Å². The number of pyridine rings is 1. The lowest BCUT2D eigenvalue weighted by molar-refractivity contribution is 0.360. The van der Waals surface area contributed by atoms with Crippen LogP contribution in [-0.4, -0.2) is 17.6 Å². The summed E-state index contributed by atoms with van der Waals surface area (Å²) in [5, 5.41) is 8.48. The molecule has 0 aliphatic carbocycles. The molecule has 0 aliphatic rings. The summed E-state index contributed by atoms with van der Waals surface area (Å²) in [6.45, 7) is 4.00. The third kappa shape index (κ3) is 3.52. The minimum Gasteiger partial charge on any atom is -0.477 e. The Bertz CT molecular complexity index is 384. The van der Waals surface area contributed by atoms with Gasteiger partial charge in [0.15, 0.2) is 6.61 Å². The van der Waals surface area contributed by atoms with Gasteiger partial charge in [-0.1, -0.05) is 6.92 Å². The highest BCUT2D eigenvalue weighted by atomic mass is 16.5. The van der Waals surface area contributed by atoms with Crippen LogP contribution in [0.25, 0.3) is 0 Å². The Balaban J connectivity index is 2.85. The average molecular weight is 219 g/mol. The normalized spacial score (nSPS) is 11.9. The first-order valence-corrected chi connectivity index (χ1v) is 5.39. The van der Waals surface area contributed by atoms with Gasteiger partial charge in [0.2, 0.25) is 0 Å². The van der Waals surface area contributed by atoms with Crippen molar-refractivity contribution in [2.45, 2.75) is 32.7 Å².